The Labute approximate surface area is 143 Å². The molecule has 1 aliphatic rings. The highest BCUT2D eigenvalue weighted by Crippen LogP contribution is 2.33. The Morgan fingerprint density at radius 2 is 2.05 bits per heavy atom. The van der Waals surface area contributed by atoms with Crippen LogP contribution in [0, 0.1) is 0 Å². The molecule has 1 amide bonds. The van der Waals surface area contributed by atoms with E-state index < -0.39 is 9.96 Å². The van der Waals surface area contributed by atoms with E-state index in [0.29, 0.717) is 18.0 Å². The smallest absolute Gasteiger partial charge is 0.262 e. The van der Waals surface area contributed by atoms with E-state index in [-0.39, 0.29) is 18.1 Å². The number of thiophene rings is 1. The van der Waals surface area contributed by atoms with Gasteiger partial charge in [0.05, 0.1) is 17.1 Å². The molecular weight excluding hydrogens is 355 g/mol. The van der Waals surface area contributed by atoms with E-state index in [4.69, 9.17) is 39.5 Å². The predicted molar refractivity (Wildman–Crippen MR) is 87.4 cm³/mol. The van der Waals surface area contributed by atoms with Crippen LogP contribution in [0.15, 0.2) is 17.5 Å². The first-order chi connectivity index (χ1) is 9.77. The lowest BCUT2D eigenvalue weighted by atomic mass is 10.2. The summed E-state index contributed by atoms with van der Waals surface area (Å²) in [6.07, 6.45) is -0.671. The molecule has 1 aromatic rings. The summed E-state index contributed by atoms with van der Waals surface area (Å²) in [5.41, 5.74) is 0. The van der Waals surface area contributed by atoms with Gasteiger partial charge in [0.15, 0.2) is 0 Å². The maximum Gasteiger partial charge on any atom is 0.262 e. The molecular formula is C13H17Cl3N2O2S. The van der Waals surface area contributed by atoms with Crippen LogP contribution in [-0.4, -0.2) is 46.1 Å². The molecule has 0 radical (unpaired) electrons. The lowest BCUT2D eigenvalue weighted by Gasteiger charge is -2.42. The molecule has 1 aromatic heterocycles. The van der Waals surface area contributed by atoms with Gasteiger partial charge in [-0.3, -0.25) is 9.69 Å². The van der Waals surface area contributed by atoms with Crippen LogP contribution in [-0.2, 0) is 4.74 Å². The molecule has 1 saturated heterocycles. The molecule has 1 fully saturated rings. The number of halogens is 3. The number of ether oxygens (including phenoxy) is 1. The topological polar surface area (TPSA) is 41.6 Å². The molecule has 0 unspecified atom stereocenters. The fourth-order valence-electron chi connectivity index (χ4n) is 2.41. The van der Waals surface area contributed by atoms with Crippen LogP contribution in [0.1, 0.15) is 23.5 Å². The quantitative estimate of drug-likeness (QED) is 0.829. The van der Waals surface area contributed by atoms with E-state index in [1.165, 1.54) is 11.3 Å². The zero-order chi connectivity index (χ0) is 15.6. The van der Waals surface area contributed by atoms with Gasteiger partial charge in [-0.2, -0.15) is 0 Å². The molecule has 0 spiro atoms. The van der Waals surface area contributed by atoms with Gasteiger partial charge >= 0.3 is 0 Å². The third-order valence-electron chi connectivity index (χ3n) is 3.14. The zero-order valence-corrected chi connectivity index (χ0v) is 14.8. The van der Waals surface area contributed by atoms with E-state index in [1.807, 2.05) is 30.2 Å². The summed E-state index contributed by atoms with van der Waals surface area (Å²) in [5, 5.41) is 4.65. The number of rotatable bonds is 3. The van der Waals surface area contributed by atoms with Crippen molar-refractivity contribution in [1.82, 2.24) is 10.2 Å². The van der Waals surface area contributed by atoms with E-state index in [1.54, 1.807) is 6.07 Å². The Morgan fingerprint density at radius 1 is 1.43 bits per heavy atom. The molecule has 4 nitrogen and oxygen atoms in total. The Bertz CT molecular complexity index is 468. The molecule has 0 saturated carbocycles. The Morgan fingerprint density at radius 3 is 2.52 bits per heavy atom. The Kier molecular flexibility index (Phi) is 5.79. The number of hydrogen-bond acceptors (Lipinski definition) is 4. The summed E-state index contributed by atoms with van der Waals surface area (Å²) in [6.45, 7) is 5.10. The predicted octanol–water partition coefficient (Wildman–Crippen LogP) is 3.28. The highest BCUT2D eigenvalue weighted by atomic mass is 35.6. The molecule has 0 aromatic carbocycles. The zero-order valence-electron chi connectivity index (χ0n) is 11.7. The third kappa shape index (κ3) is 4.71. The Hall–Kier alpha value is -0.0400. The third-order valence-corrected chi connectivity index (χ3v) is 4.62. The lowest BCUT2D eigenvalue weighted by Crippen LogP contribution is -2.60. The van der Waals surface area contributed by atoms with Gasteiger partial charge in [0.25, 0.3) is 5.91 Å². The summed E-state index contributed by atoms with van der Waals surface area (Å²) in [4.78, 5) is 14.8. The minimum Gasteiger partial charge on any atom is -0.373 e. The molecule has 0 aliphatic carbocycles. The first-order valence-electron chi connectivity index (χ1n) is 6.58. The molecule has 21 heavy (non-hydrogen) atoms. The van der Waals surface area contributed by atoms with Crippen molar-refractivity contribution in [3.63, 3.8) is 0 Å². The van der Waals surface area contributed by atoms with E-state index in [0.717, 1.165) is 0 Å². The largest absolute Gasteiger partial charge is 0.373 e. The van der Waals surface area contributed by atoms with Crippen molar-refractivity contribution >= 4 is 52.0 Å². The van der Waals surface area contributed by atoms with Crippen molar-refractivity contribution in [2.75, 3.05) is 13.1 Å². The van der Waals surface area contributed by atoms with E-state index in [9.17, 15) is 4.79 Å². The van der Waals surface area contributed by atoms with Crippen LogP contribution in [0.2, 0.25) is 0 Å². The SMILES string of the molecule is C[C@@H]1CN([C@@H](NC(=O)c2cccs2)C(Cl)(Cl)Cl)C[C@H](C)O1. The van der Waals surface area contributed by atoms with Crippen LogP contribution in [0.4, 0.5) is 0 Å². The minimum absolute atomic E-state index is 0.0160. The summed E-state index contributed by atoms with van der Waals surface area (Å²) < 4.78 is 4.05. The summed E-state index contributed by atoms with van der Waals surface area (Å²) in [6, 6.07) is 3.54. The lowest BCUT2D eigenvalue weighted by molar-refractivity contribution is -0.0826. The average molecular weight is 372 g/mol. The van der Waals surface area contributed by atoms with Gasteiger partial charge in [-0.05, 0) is 25.3 Å². The number of amides is 1. The van der Waals surface area contributed by atoms with Crippen LogP contribution >= 0.6 is 46.1 Å². The van der Waals surface area contributed by atoms with Crippen molar-refractivity contribution in [1.29, 1.82) is 0 Å². The van der Waals surface area contributed by atoms with Crippen LogP contribution < -0.4 is 5.32 Å². The number of carbonyl (C=O) groups excluding carboxylic acids is 1. The monoisotopic (exact) mass is 370 g/mol. The maximum atomic E-state index is 12.2. The van der Waals surface area contributed by atoms with Gasteiger partial charge in [0, 0.05) is 13.1 Å². The van der Waals surface area contributed by atoms with Gasteiger partial charge in [-0.25, -0.2) is 0 Å². The average Bonchev–Trinajstić information content (AvgIpc) is 2.86. The molecule has 1 aliphatic heterocycles. The maximum absolute atomic E-state index is 12.2. The summed E-state index contributed by atoms with van der Waals surface area (Å²) >= 11 is 19.6. The van der Waals surface area contributed by atoms with Crippen molar-refractivity contribution in [2.24, 2.45) is 0 Å². The number of morpholine rings is 1. The second-order valence-electron chi connectivity index (χ2n) is 5.11. The highest BCUT2D eigenvalue weighted by molar-refractivity contribution is 7.12. The number of alkyl halides is 3. The van der Waals surface area contributed by atoms with Crippen molar-refractivity contribution in [3.8, 4) is 0 Å². The van der Waals surface area contributed by atoms with Crippen LogP contribution in [0.3, 0.4) is 0 Å². The van der Waals surface area contributed by atoms with Crippen LogP contribution in [0.5, 0.6) is 0 Å². The number of nitrogens with one attached hydrogen (secondary N) is 1. The normalized spacial score (nSPS) is 25.6. The fraction of sp³-hybridized carbons (Fsp3) is 0.615. The molecule has 1 N–H and O–H groups in total. The number of carbonyl (C=O) groups is 1. The number of nitrogens with zero attached hydrogens (tertiary/aromatic N) is 1. The molecule has 3 atom stereocenters. The first kappa shape index (κ1) is 17.3. The summed E-state index contributed by atoms with van der Waals surface area (Å²) in [7, 11) is 0. The van der Waals surface area contributed by atoms with Gasteiger partial charge in [0.1, 0.15) is 6.17 Å². The van der Waals surface area contributed by atoms with Gasteiger partial charge in [-0.1, -0.05) is 40.9 Å². The molecule has 8 heteroatoms. The van der Waals surface area contributed by atoms with Gasteiger partial charge in [0.2, 0.25) is 3.79 Å². The van der Waals surface area contributed by atoms with E-state index in [2.05, 4.69) is 5.32 Å². The van der Waals surface area contributed by atoms with Crippen LogP contribution in [0.25, 0.3) is 0 Å². The van der Waals surface area contributed by atoms with E-state index >= 15 is 0 Å². The van der Waals surface area contributed by atoms with Crippen molar-refractivity contribution in [3.05, 3.63) is 22.4 Å². The summed E-state index contributed by atoms with van der Waals surface area (Å²) in [5.74, 6) is -0.242. The molecule has 0 bridgehead atoms. The first-order valence-corrected chi connectivity index (χ1v) is 8.59. The highest BCUT2D eigenvalue weighted by Gasteiger charge is 2.41. The minimum atomic E-state index is -1.62. The molecule has 118 valence electrons. The number of hydrogen-bond donors (Lipinski definition) is 1. The second kappa shape index (κ2) is 7.02. The Balaban J connectivity index is 2.13. The molecule has 2 heterocycles. The van der Waals surface area contributed by atoms with Gasteiger partial charge < -0.3 is 10.1 Å². The van der Waals surface area contributed by atoms with Gasteiger partial charge in [-0.15, -0.1) is 11.3 Å². The fourth-order valence-corrected chi connectivity index (χ4v) is 3.62. The standard InChI is InChI=1S/C13H17Cl3N2O2S/c1-8-6-18(7-9(2)20-8)12(13(14,15)16)17-11(19)10-4-3-5-21-10/h3-5,8-9,12H,6-7H2,1-2H3,(H,17,19)/t8-,9+,12-/m1/s1. The molecule has 2 rings (SSSR count). The van der Waals surface area contributed by atoms with Crippen molar-refractivity contribution in [2.45, 2.75) is 36.0 Å². The van der Waals surface area contributed by atoms with Crippen molar-refractivity contribution < 1.29 is 9.53 Å². The second-order valence-corrected chi connectivity index (χ2v) is 8.42.